The van der Waals surface area contributed by atoms with E-state index in [4.69, 9.17) is 9.84 Å². The maximum atomic E-state index is 11.0. The Morgan fingerprint density at radius 2 is 2.00 bits per heavy atom. The lowest BCUT2D eigenvalue weighted by molar-refractivity contribution is -0.385. The van der Waals surface area contributed by atoms with Gasteiger partial charge in [0.1, 0.15) is 0 Å². The molecule has 2 rings (SSSR count). The number of rotatable bonds is 4. The molecule has 1 aromatic heterocycles. The number of nitro groups is 1. The molecule has 1 N–H and O–H groups in total. The molecule has 1 heterocycles. The maximum absolute atomic E-state index is 11.0. The summed E-state index contributed by atoms with van der Waals surface area (Å²) in [4.78, 5) is 25.4. The number of nitrogens with zero attached hydrogens (tertiary/aromatic N) is 2. The normalized spacial score (nSPS) is 10.2. The van der Waals surface area contributed by atoms with Crippen molar-refractivity contribution < 1.29 is 19.6 Å². The van der Waals surface area contributed by atoms with Crippen molar-refractivity contribution in [3.05, 3.63) is 57.3 Å². The molecular formula is C14H12N2O5. The van der Waals surface area contributed by atoms with E-state index in [1.54, 1.807) is 19.1 Å². The summed E-state index contributed by atoms with van der Waals surface area (Å²) in [7, 11) is 0. The second-order valence-electron chi connectivity index (χ2n) is 4.37. The minimum absolute atomic E-state index is 0.0571. The molecule has 0 spiro atoms. The molecule has 21 heavy (non-hydrogen) atoms. The molecule has 0 amide bonds. The van der Waals surface area contributed by atoms with Gasteiger partial charge in [0.15, 0.2) is 0 Å². The zero-order valence-electron chi connectivity index (χ0n) is 11.4. The van der Waals surface area contributed by atoms with Gasteiger partial charge in [0, 0.05) is 12.1 Å². The van der Waals surface area contributed by atoms with Crippen LogP contribution in [0.1, 0.15) is 21.6 Å². The number of pyridine rings is 1. The van der Waals surface area contributed by atoms with Crippen molar-refractivity contribution in [2.75, 3.05) is 0 Å². The molecule has 7 heteroatoms. The van der Waals surface area contributed by atoms with Gasteiger partial charge in [0.2, 0.25) is 11.6 Å². The first-order valence-electron chi connectivity index (χ1n) is 6.03. The maximum Gasteiger partial charge on any atom is 0.337 e. The Morgan fingerprint density at radius 3 is 2.57 bits per heavy atom. The Kier molecular flexibility index (Phi) is 3.84. The van der Waals surface area contributed by atoms with E-state index in [0.717, 1.165) is 0 Å². The van der Waals surface area contributed by atoms with Gasteiger partial charge >= 0.3 is 11.7 Å². The van der Waals surface area contributed by atoms with E-state index in [-0.39, 0.29) is 28.6 Å². The van der Waals surface area contributed by atoms with Gasteiger partial charge in [-0.15, -0.1) is 0 Å². The first kappa shape index (κ1) is 14.4. The Labute approximate surface area is 120 Å². The van der Waals surface area contributed by atoms with Gasteiger partial charge in [-0.05, 0) is 25.5 Å². The predicted molar refractivity (Wildman–Crippen MR) is 73.8 cm³/mol. The minimum atomic E-state index is -1.09. The van der Waals surface area contributed by atoms with Crippen molar-refractivity contribution in [2.45, 2.75) is 13.8 Å². The molecule has 108 valence electrons. The van der Waals surface area contributed by atoms with Crippen LogP contribution in [0, 0.1) is 24.0 Å². The van der Waals surface area contributed by atoms with Crippen molar-refractivity contribution in [3.8, 4) is 11.6 Å². The Bertz CT molecular complexity index is 727. The molecule has 0 atom stereocenters. The highest BCUT2D eigenvalue weighted by Crippen LogP contribution is 2.33. The predicted octanol–water partition coefficient (Wildman–Crippen LogP) is 3.10. The number of aromatic nitrogens is 1. The van der Waals surface area contributed by atoms with E-state index in [1.165, 1.54) is 25.1 Å². The van der Waals surface area contributed by atoms with Gasteiger partial charge in [-0.25, -0.2) is 9.78 Å². The van der Waals surface area contributed by atoms with Gasteiger partial charge < -0.3 is 9.84 Å². The third kappa shape index (κ3) is 2.97. The number of carbonyl (C=O) groups is 1. The van der Waals surface area contributed by atoms with Gasteiger partial charge in [-0.2, -0.15) is 0 Å². The number of ether oxygens (including phenoxy) is 1. The smallest absolute Gasteiger partial charge is 0.337 e. The highest BCUT2D eigenvalue weighted by Gasteiger charge is 2.19. The molecule has 0 fully saturated rings. The molecule has 0 aliphatic heterocycles. The Hall–Kier alpha value is -2.96. The lowest BCUT2D eigenvalue weighted by atomic mass is 10.2. The monoisotopic (exact) mass is 288 g/mol. The minimum Gasteiger partial charge on any atom is -0.478 e. The summed E-state index contributed by atoms with van der Waals surface area (Å²) < 4.78 is 5.47. The van der Waals surface area contributed by atoms with Crippen molar-refractivity contribution >= 4 is 11.7 Å². The number of benzene rings is 1. The average molecular weight is 288 g/mol. The van der Waals surface area contributed by atoms with Crippen LogP contribution in [0.2, 0.25) is 0 Å². The molecule has 0 radical (unpaired) electrons. The molecule has 0 saturated heterocycles. The largest absolute Gasteiger partial charge is 0.478 e. The zero-order chi connectivity index (χ0) is 15.6. The van der Waals surface area contributed by atoms with Gasteiger partial charge in [-0.1, -0.05) is 12.1 Å². The molecular weight excluding hydrogens is 276 g/mol. The second kappa shape index (κ2) is 5.58. The van der Waals surface area contributed by atoms with Crippen molar-refractivity contribution in [3.63, 3.8) is 0 Å². The summed E-state index contributed by atoms with van der Waals surface area (Å²) in [6.07, 6.45) is 0. The molecule has 0 aliphatic carbocycles. The van der Waals surface area contributed by atoms with Crippen LogP contribution in [0.3, 0.4) is 0 Å². The van der Waals surface area contributed by atoms with Crippen LogP contribution >= 0.6 is 0 Å². The average Bonchev–Trinajstić information content (AvgIpc) is 2.40. The lowest BCUT2D eigenvalue weighted by Crippen LogP contribution is -2.03. The van der Waals surface area contributed by atoms with Crippen LogP contribution < -0.4 is 4.74 Å². The first-order valence-corrected chi connectivity index (χ1v) is 6.03. The fourth-order valence-corrected chi connectivity index (χ4v) is 1.84. The van der Waals surface area contributed by atoms with Crippen molar-refractivity contribution in [2.24, 2.45) is 0 Å². The van der Waals surface area contributed by atoms with Gasteiger partial charge in [0.25, 0.3) is 0 Å². The summed E-state index contributed by atoms with van der Waals surface area (Å²) in [6, 6.07) is 7.30. The molecule has 2 aromatic rings. The van der Waals surface area contributed by atoms with Gasteiger partial charge in [-0.3, -0.25) is 10.1 Å². The highest BCUT2D eigenvalue weighted by atomic mass is 16.6. The van der Waals surface area contributed by atoms with Crippen LogP contribution in [-0.4, -0.2) is 21.0 Å². The van der Waals surface area contributed by atoms with Crippen LogP contribution in [0.5, 0.6) is 11.6 Å². The van der Waals surface area contributed by atoms with Gasteiger partial charge in [0.05, 0.1) is 16.2 Å². The molecule has 0 bridgehead atoms. The van der Waals surface area contributed by atoms with E-state index in [2.05, 4.69) is 4.98 Å². The zero-order valence-corrected chi connectivity index (χ0v) is 11.4. The second-order valence-corrected chi connectivity index (χ2v) is 4.37. The summed E-state index contributed by atoms with van der Waals surface area (Å²) in [5.74, 6) is -0.888. The lowest BCUT2D eigenvalue weighted by Gasteiger charge is -2.09. The molecule has 0 aliphatic rings. The number of aromatic carboxylic acids is 1. The Morgan fingerprint density at radius 1 is 1.29 bits per heavy atom. The Balaban J connectivity index is 2.41. The van der Waals surface area contributed by atoms with Crippen molar-refractivity contribution in [1.82, 2.24) is 4.98 Å². The summed E-state index contributed by atoms with van der Waals surface area (Å²) in [6.45, 7) is 3.21. The fourth-order valence-electron chi connectivity index (χ4n) is 1.84. The SMILES string of the molecule is Cc1cccc([N+](=O)[O-])c1Oc1ccc(C(=O)O)c(C)n1. The standard InChI is InChI=1S/C14H12N2O5/c1-8-4-3-5-11(16(19)20)13(8)21-12-7-6-10(14(17)18)9(2)15-12/h3-7H,1-2H3,(H,17,18). The fraction of sp³-hybridized carbons (Fsp3) is 0.143. The summed E-state index contributed by atoms with van der Waals surface area (Å²) >= 11 is 0. The highest BCUT2D eigenvalue weighted by molar-refractivity contribution is 5.88. The van der Waals surface area contributed by atoms with Crippen LogP contribution in [0.15, 0.2) is 30.3 Å². The van der Waals surface area contributed by atoms with Crippen LogP contribution in [0.25, 0.3) is 0 Å². The molecule has 1 aromatic carbocycles. The number of nitro benzene ring substituents is 1. The molecule has 0 saturated carbocycles. The van der Waals surface area contributed by atoms with E-state index < -0.39 is 10.9 Å². The van der Waals surface area contributed by atoms with Crippen LogP contribution in [-0.2, 0) is 0 Å². The third-order valence-electron chi connectivity index (χ3n) is 2.89. The number of para-hydroxylation sites is 1. The van der Waals surface area contributed by atoms with Crippen molar-refractivity contribution in [1.29, 1.82) is 0 Å². The quantitative estimate of drug-likeness (QED) is 0.685. The van der Waals surface area contributed by atoms with E-state index in [9.17, 15) is 14.9 Å². The van der Waals surface area contributed by atoms with E-state index in [0.29, 0.717) is 5.56 Å². The first-order chi connectivity index (χ1) is 9.90. The summed E-state index contributed by atoms with van der Waals surface area (Å²) in [5.41, 5.74) is 0.751. The number of hydrogen-bond donors (Lipinski definition) is 1. The number of carboxylic acids is 1. The molecule has 7 nitrogen and oxygen atoms in total. The number of hydrogen-bond acceptors (Lipinski definition) is 5. The topological polar surface area (TPSA) is 103 Å². The number of aryl methyl sites for hydroxylation is 2. The van der Waals surface area contributed by atoms with E-state index in [1.807, 2.05) is 0 Å². The number of carboxylic acid groups (broad SMARTS) is 1. The van der Waals surface area contributed by atoms with E-state index >= 15 is 0 Å². The summed E-state index contributed by atoms with van der Waals surface area (Å²) in [5, 5.41) is 19.9. The third-order valence-corrected chi connectivity index (χ3v) is 2.89. The van der Waals surface area contributed by atoms with Crippen LogP contribution in [0.4, 0.5) is 5.69 Å². The molecule has 0 unspecified atom stereocenters.